The third-order valence-electron chi connectivity index (χ3n) is 3.56. The van der Waals surface area contributed by atoms with E-state index in [2.05, 4.69) is 0 Å². The number of carbonyl (C=O) groups is 1. The molecule has 0 bridgehead atoms. The fraction of sp³-hybridized carbons (Fsp3) is 0.909. The van der Waals surface area contributed by atoms with Gasteiger partial charge in [0.15, 0.2) is 0 Å². The van der Waals surface area contributed by atoms with Crippen molar-refractivity contribution in [2.24, 2.45) is 11.7 Å². The molecule has 2 rings (SSSR count). The van der Waals surface area contributed by atoms with Crippen molar-refractivity contribution in [1.29, 1.82) is 0 Å². The zero-order valence-electron chi connectivity index (χ0n) is 9.53. The number of rotatable bonds is 1. The number of carbonyl (C=O) groups excluding carboxylic acids is 1. The van der Waals surface area contributed by atoms with Crippen molar-refractivity contribution in [3.05, 3.63) is 0 Å². The SMILES string of the molecule is CC(C)C(=O)N1CCC2(C1)OCCC2N. The first-order chi connectivity index (χ1) is 7.05. The zero-order valence-corrected chi connectivity index (χ0v) is 9.53. The van der Waals surface area contributed by atoms with Crippen LogP contribution in [0.2, 0.25) is 0 Å². The molecule has 15 heavy (non-hydrogen) atoms. The Bertz CT molecular complexity index is 267. The maximum atomic E-state index is 11.8. The molecule has 2 aliphatic rings. The van der Waals surface area contributed by atoms with Gasteiger partial charge in [0.25, 0.3) is 0 Å². The van der Waals surface area contributed by atoms with Crippen LogP contribution in [0.4, 0.5) is 0 Å². The first-order valence-electron chi connectivity index (χ1n) is 5.73. The van der Waals surface area contributed by atoms with Crippen molar-refractivity contribution in [3.63, 3.8) is 0 Å². The standard InChI is InChI=1S/C11H20N2O2/c1-8(2)10(14)13-5-4-11(7-13)9(12)3-6-15-11/h8-9H,3-7,12H2,1-2H3. The Balaban J connectivity index is 2.03. The Labute approximate surface area is 90.8 Å². The van der Waals surface area contributed by atoms with Crippen LogP contribution >= 0.6 is 0 Å². The summed E-state index contributed by atoms with van der Waals surface area (Å²) in [5.74, 6) is 0.285. The molecule has 2 unspecified atom stereocenters. The van der Waals surface area contributed by atoms with Gasteiger partial charge < -0.3 is 15.4 Å². The van der Waals surface area contributed by atoms with Gasteiger partial charge in [0.05, 0.1) is 6.54 Å². The lowest BCUT2D eigenvalue weighted by molar-refractivity contribution is -0.134. The van der Waals surface area contributed by atoms with Crippen molar-refractivity contribution < 1.29 is 9.53 Å². The van der Waals surface area contributed by atoms with Crippen molar-refractivity contribution >= 4 is 5.91 Å². The molecular formula is C11H20N2O2. The molecule has 2 heterocycles. The van der Waals surface area contributed by atoms with Crippen LogP contribution in [-0.4, -0.2) is 42.1 Å². The summed E-state index contributed by atoms with van der Waals surface area (Å²) in [5, 5.41) is 0. The molecule has 2 N–H and O–H groups in total. The molecule has 1 amide bonds. The minimum absolute atomic E-state index is 0.0674. The molecule has 2 saturated heterocycles. The number of likely N-dealkylation sites (tertiary alicyclic amines) is 1. The van der Waals surface area contributed by atoms with E-state index in [9.17, 15) is 4.79 Å². The summed E-state index contributed by atoms with van der Waals surface area (Å²) in [7, 11) is 0. The van der Waals surface area contributed by atoms with Crippen LogP contribution in [0.3, 0.4) is 0 Å². The summed E-state index contributed by atoms with van der Waals surface area (Å²) in [6.07, 6.45) is 1.82. The van der Waals surface area contributed by atoms with Gasteiger partial charge in [-0.25, -0.2) is 0 Å². The molecule has 0 saturated carbocycles. The third-order valence-corrected chi connectivity index (χ3v) is 3.56. The second-order valence-corrected chi connectivity index (χ2v) is 4.97. The van der Waals surface area contributed by atoms with Crippen molar-refractivity contribution in [2.45, 2.75) is 38.3 Å². The third kappa shape index (κ3) is 1.76. The van der Waals surface area contributed by atoms with Crippen LogP contribution in [0.1, 0.15) is 26.7 Å². The molecule has 86 valence electrons. The summed E-state index contributed by atoms with van der Waals surface area (Å²) in [5.41, 5.74) is 5.82. The summed E-state index contributed by atoms with van der Waals surface area (Å²) in [4.78, 5) is 13.7. The van der Waals surface area contributed by atoms with Gasteiger partial charge >= 0.3 is 0 Å². The van der Waals surface area contributed by atoms with E-state index in [4.69, 9.17) is 10.5 Å². The Kier molecular flexibility index (Phi) is 2.73. The molecule has 0 aromatic heterocycles. The highest BCUT2D eigenvalue weighted by Gasteiger charge is 2.48. The van der Waals surface area contributed by atoms with E-state index in [-0.39, 0.29) is 23.5 Å². The van der Waals surface area contributed by atoms with Crippen LogP contribution in [0.15, 0.2) is 0 Å². The fourth-order valence-electron chi connectivity index (χ4n) is 2.54. The van der Waals surface area contributed by atoms with Crippen molar-refractivity contribution in [1.82, 2.24) is 4.90 Å². The lowest BCUT2D eigenvalue weighted by atomic mass is 9.94. The zero-order chi connectivity index (χ0) is 11.1. The molecule has 0 aromatic carbocycles. The van der Waals surface area contributed by atoms with E-state index < -0.39 is 0 Å². The van der Waals surface area contributed by atoms with E-state index >= 15 is 0 Å². The number of nitrogens with zero attached hydrogens (tertiary/aromatic N) is 1. The molecule has 4 heteroatoms. The molecule has 0 radical (unpaired) electrons. The Morgan fingerprint density at radius 2 is 2.33 bits per heavy atom. The number of hydrogen-bond donors (Lipinski definition) is 1. The Hall–Kier alpha value is -0.610. The van der Waals surface area contributed by atoms with Gasteiger partial charge in [0, 0.05) is 25.1 Å². The highest BCUT2D eigenvalue weighted by Crippen LogP contribution is 2.34. The van der Waals surface area contributed by atoms with Gasteiger partial charge in [-0.3, -0.25) is 4.79 Å². The molecule has 2 atom stereocenters. The normalized spacial score (nSPS) is 35.7. The van der Waals surface area contributed by atoms with Gasteiger partial charge in [0.2, 0.25) is 5.91 Å². The van der Waals surface area contributed by atoms with E-state index in [1.165, 1.54) is 0 Å². The molecule has 2 fully saturated rings. The van der Waals surface area contributed by atoms with Crippen LogP contribution in [-0.2, 0) is 9.53 Å². The van der Waals surface area contributed by atoms with E-state index in [1.54, 1.807) is 0 Å². The first-order valence-corrected chi connectivity index (χ1v) is 5.73. The average molecular weight is 212 g/mol. The number of nitrogens with two attached hydrogens (primary N) is 1. The van der Waals surface area contributed by atoms with Crippen LogP contribution in [0, 0.1) is 5.92 Å². The lowest BCUT2D eigenvalue weighted by Gasteiger charge is -2.28. The minimum atomic E-state index is -0.232. The maximum absolute atomic E-state index is 11.8. The summed E-state index contributed by atoms with van der Waals surface area (Å²) in [6.45, 7) is 6.09. The predicted molar refractivity (Wildman–Crippen MR) is 57.3 cm³/mol. The van der Waals surface area contributed by atoms with Gasteiger partial charge in [-0.2, -0.15) is 0 Å². The number of ether oxygens (including phenoxy) is 1. The number of amides is 1. The lowest BCUT2D eigenvalue weighted by Crippen LogP contribution is -2.48. The minimum Gasteiger partial charge on any atom is -0.371 e. The topological polar surface area (TPSA) is 55.6 Å². The highest BCUT2D eigenvalue weighted by atomic mass is 16.5. The molecule has 2 aliphatic heterocycles. The van der Waals surface area contributed by atoms with E-state index in [0.29, 0.717) is 6.54 Å². The van der Waals surface area contributed by atoms with Crippen LogP contribution in [0.25, 0.3) is 0 Å². The second kappa shape index (κ2) is 3.76. The monoisotopic (exact) mass is 212 g/mol. The van der Waals surface area contributed by atoms with E-state index in [1.807, 2.05) is 18.7 Å². The van der Waals surface area contributed by atoms with Crippen LogP contribution < -0.4 is 5.73 Å². The highest BCUT2D eigenvalue weighted by molar-refractivity contribution is 5.78. The fourth-order valence-corrected chi connectivity index (χ4v) is 2.54. The molecule has 1 spiro atoms. The average Bonchev–Trinajstić information content (AvgIpc) is 2.76. The predicted octanol–water partition coefficient (Wildman–Crippen LogP) is 0.361. The van der Waals surface area contributed by atoms with Crippen molar-refractivity contribution in [2.75, 3.05) is 19.7 Å². The second-order valence-electron chi connectivity index (χ2n) is 4.97. The van der Waals surface area contributed by atoms with E-state index in [0.717, 1.165) is 26.0 Å². The van der Waals surface area contributed by atoms with Gasteiger partial charge in [0.1, 0.15) is 5.60 Å². The van der Waals surface area contributed by atoms with Gasteiger partial charge in [-0.1, -0.05) is 13.8 Å². The van der Waals surface area contributed by atoms with Gasteiger partial charge in [-0.15, -0.1) is 0 Å². The summed E-state index contributed by atoms with van der Waals surface area (Å²) < 4.78 is 5.75. The molecule has 4 nitrogen and oxygen atoms in total. The summed E-state index contributed by atoms with van der Waals surface area (Å²) >= 11 is 0. The van der Waals surface area contributed by atoms with Gasteiger partial charge in [-0.05, 0) is 12.8 Å². The molecule has 0 aliphatic carbocycles. The quantitative estimate of drug-likeness (QED) is 0.683. The maximum Gasteiger partial charge on any atom is 0.225 e. The largest absolute Gasteiger partial charge is 0.371 e. The Morgan fingerprint density at radius 1 is 1.60 bits per heavy atom. The summed E-state index contributed by atoms with van der Waals surface area (Å²) in [6, 6.07) is 0.0995. The number of hydrogen-bond acceptors (Lipinski definition) is 3. The first kappa shape index (κ1) is 10.9. The Morgan fingerprint density at radius 3 is 2.87 bits per heavy atom. The molecular weight excluding hydrogens is 192 g/mol. The molecule has 0 aromatic rings. The van der Waals surface area contributed by atoms with Crippen LogP contribution in [0.5, 0.6) is 0 Å². The smallest absolute Gasteiger partial charge is 0.225 e. The van der Waals surface area contributed by atoms with Crippen molar-refractivity contribution in [3.8, 4) is 0 Å².